The van der Waals surface area contributed by atoms with Gasteiger partial charge in [-0.1, -0.05) is 26.0 Å². The SMILES string of the molecule is CC(C)c1ccc(NC(=O)COc2ccc(-n3cnnn3)cc2)cc1. The summed E-state index contributed by atoms with van der Waals surface area (Å²) in [5, 5.41) is 13.8. The summed E-state index contributed by atoms with van der Waals surface area (Å²) in [4.78, 5) is 12.0. The number of hydrogen-bond acceptors (Lipinski definition) is 5. The molecule has 3 rings (SSSR count). The van der Waals surface area contributed by atoms with Crippen LogP contribution in [0.5, 0.6) is 5.75 Å². The second kappa shape index (κ2) is 7.57. The smallest absolute Gasteiger partial charge is 0.262 e. The molecule has 0 unspecified atom stereocenters. The molecule has 0 saturated heterocycles. The van der Waals surface area contributed by atoms with Gasteiger partial charge in [0.05, 0.1) is 5.69 Å². The molecule has 0 aliphatic rings. The first kappa shape index (κ1) is 16.6. The summed E-state index contributed by atoms with van der Waals surface area (Å²) in [5.74, 6) is 0.855. The highest BCUT2D eigenvalue weighted by molar-refractivity contribution is 5.91. The predicted molar refractivity (Wildman–Crippen MR) is 93.8 cm³/mol. The quantitative estimate of drug-likeness (QED) is 0.748. The summed E-state index contributed by atoms with van der Waals surface area (Å²) in [5.41, 5.74) is 2.80. The monoisotopic (exact) mass is 337 g/mol. The van der Waals surface area contributed by atoms with Gasteiger partial charge < -0.3 is 10.1 Å². The van der Waals surface area contributed by atoms with Gasteiger partial charge in [0, 0.05) is 5.69 Å². The first-order valence-corrected chi connectivity index (χ1v) is 7.98. The molecule has 0 bridgehead atoms. The number of carbonyl (C=O) groups excluding carboxylic acids is 1. The zero-order valence-corrected chi connectivity index (χ0v) is 14.1. The first-order valence-electron chi connectivity index (χ1n) is 7.98. The van der Waals surface area contributed by atoms with E-state index in [1.165, 1.54) is 16.6 Å². The molecular weight excluding hydrogens is 318 g/mol. The Kier molecular flexibility index (Phi) is 5.03. The van der Waals surface area contributed by atoms with Crippen molar-refractivity contribution in [2.45, 2.75) is 19.8 Å². The van der Waals surface area contributed by atoms with Crippen molar-refractivity contribution in [3.05, 3.63) is 60.4 Å². The summed E-state index contributed by atoms with van der Waals surface area (Å²) < 4.78 is 7.04. The molecule has 0 aliphatic heterocycles. The van der Waals surface area contributed by atoms with Crippen molar-refractivity contribution in [2.75, 3.05) is 11.9 Å². The van der Waals surface area contributed by atoms with Crippen molar-refractivity contribution < 1.29 is 9.53 Å². The molecule has 0 saturated carbocycles. The first-order chi connectivity index (χ1) is 12.1. The maximum Gasteiger partial charge on any atom is 0.262 e. The third-order valence-electron chi connectivity index (χ3n) is 3.68. The lowest BCUT2D eigenvalue weighted by atomic mass is 10.0. The molecule has 0 atom stereocenters. The highest BCUT2D eigenvalue weighted by atomic mass is 16.5. The Balaban J connectivity index is 1.52. The van der Waals surface area contributed by atoms with Crippen LogP contribution in [-0.2, 0) is 4.79 Å². The van der Waals surface area contributed by atoms with Crippen molar-refractivity contribution in [2.24, 2.45) is 0 Å². The number of hydrogen-bond donors (Lipinski definition) is 1. The fourth-order valence-corrected chi connectivity index (χ4v) is 2.27. The number of carbonyl (C=O) groups is 1. The number of amides is 1. The highest BCUT2D eigenvalue weighted by Crippen LogP contribution is 2.17. The Bertz CT molecular complexity index is 812. The van der Waals surface area contributed by atoms with E-state index in [4.69, 9.17) is 4.74 Å². The fourth-order valence-electron chi connectivity index (χ4n) is 2.27. The average Bonchev–Trinajstić information content (AvgIpc) is 3.15. The van der Waals surface area contributed by atoms with Gasteiger partial charge in [-0.15, -0.1) is 5.10 Å². The van der Waals surface area contributed by atoms with Crippen LogP contribution in [0, 0.1) is 0 Å². The Labute approximate surface area is 145 Å². The normalized spacial score (nSPS) is 10.7. The zero-order valence-electron chi connectivity index (χ0n) is 14.1. The number of anilines is 1. The molecule has 25 heavy (non-hydrogen) atoms. The van der Waals surface area contributed by atoms with Gasteiger partial charge in [0.25, 0.3) is 5.91 Å². The van der Waals surface area contributed by atoms with Crippen molar-refractivity contribution in [3.8, 4) is 11.4 Å². The maximum absolute atomic E-state index is 12.0. The molecule has 0 spiro atoms. The van der Waals surface area contributed by atoms with E-state index in [0.717, 1.165) is 11.4 Å². The molecule has 3 aromatic rings. The molecule has 0 fully saturated rings. The van der Waals surface area contributed by atoms with E-state index >= 15 is 0 Å². The van der Waals surface area contributed by atoms with Gasteiger partial charge in [-0.3, -0.25) is 4.79 Å². The van der Waals surface area contributed by atoms with Crippen LogP contribution < -0.4 is 10.1 Å². The number of rotatable bonds is 6. The van der Waals surface area contributed by atoms with E-state index in [2.05, 4.69) is 34.7 Å². The number of aromatic nitrogens is 4. The summed E-state index contributed by atoms with van der Waals surface area (Å²) in [7, 11) is 0. The minimum absolute atomic E-state index is 0.0594. The Morgan fingerprint density at radius 1 is 1.12 bits per heavy atom. The molecule has 1 heterocycles. The third kappa shape index (κ3) is 4.41. The van der Waals surface area contributed by atoms with E-state index in [-0.39, 0.29) is 12.5 Å². The molecule has 1 aromatic heterocycles. The number of ether oxygens (including phenoxy) is 1. The van der Waals surface area contributed by atoms with E-state index in [9.17, 15) is 4.79 Å². The minimum atomic E-state index is -0.207. The van der Waals surface area contributed by atoms with Crippen LogP contribution in [0.3, 0.4) is 0 Å². The molecule has 0 aliphatic carbocycles. The van der Waals surface area contributed by atoms with Crippen LogP contribution in [0.4, 0.5) is 5.69 Å². The second-order valence-electron chi connectivity index (χ2n) is 5.86. The van der Waals surface area contributed by atoms with Crippen LogP contribution in [-0.4, -0.2) is 32.7 Å². The Hall–Kier alpha value is -3.22. The summed E-state index contributed by atoms with van der Waals surface area (Å²) in [6, 6.07) is 15.0. The second-order valence-corrected chi connectivity index (χ2v) is 5.86. The Morgan fingerprint density at radius 2 is 1.84 bits per heavy atom. The third-order valence-corrected chi connectivity index (χ3v) is 3.68. The minimum Gasteiger partial charge on any atom is -0.484 e. The van der Waals surface area contributed by atoms with Gasteiger partial charge in [-0.25, -0.2) is 4.68 Å². The van der Waals surface area contributed by atoms with E-state index in [0.29, 0.717) is 11.7 Å². The number of benzene rings is 2. The van der Waals surface area contributed by atoms with Crippen molar-refractivity contribution in [3.63, 3.8) is 0 Å². The van der Waals surface area contributed by atoms with Crippen LogP contribution >= 0.6 is 0 Å². The maximum atomic E-state index is 12.0. The Morgan fingerprint density at radius 3 is 2.44 bits per heavy atom. The summed E-state index contributed by atoms with van der Waals surface area (Å²) >= 11 is 0. The number of nitrogens with zero attached hydrogens (tertiary/aromatic N) is 4. The van der Waals surface area contributed by atoms with E-state index in [1.807, 2.05) is 36.4 Å². The zero-order chi connectivity index (χ0) is 17.6. The van der Waals surface area contributed by atoms with E-state index < -0.39 is 0 Å². The lowest BCUT2D eigenvalue weighted by Crippen LogP contribution is -2.20. The predicted octanol–water partition coefficient (Wildman–Crippen LogP) is 2.80. The van der Waals surface area contributed by atoms with Gasteiger partial charge in [0.2, 0.25) is 0 Å². The molecule has 1 amide bonds. The van der Waals surface area contributed by atoms with Crippen LogP contribution in [0.2, 0.25) is 0 Å². The van der Waals surface area contributed by atoms with Crippen LogP contribution in [0.15, 0.2) is 54.9 Å². The van der Waals surface area contributed by atoms with Crippen molar-refractivity contribution >= 4 is 11.6 Å². The molecular formula is C18H19N5O2. The largest absolute Gasteiger partial charge is 0.484 e. The van der Waals surface area contributed by atoms with Gasteiger partial charge in [0.15, 0.2) is 6.61 Å². The standard InChI is InChI=1S/C18H19N5O2/c1-13(2)14-3-5-15(6-4-14)20-18(24)11-25-17-9-7-16(8-10-17)23-12-19-21-22-23/h3-10,12-13H,11H2,1-2H3,(H,20,24). The van der Waals surface area contributed by atoms with Crippen molar-refractivity contribution in [1.82, 2.24) is 20.2 Å². The molecule has 128 valence electrons. The summed E-state index contributed by atoms with van der Waals surface area (Å²) in [6.07, 6.45) is 1.51. The summed E-state index contributed by atoms with van der Waals surface area (Å²) in [6.45, 7) is 4.20. The molecule has 7 nitrogen and oxygen atoms in total. The van der Waals surface area contributed by atoms with Crippen LogP contribution in [0.1, 0.15) is 25.3 Å². The van der Waals surface area contributed by atoms with Crippen LogP contribution in [0.25, 0.3) is 5.69 Å². The van der Waals surface area contributed by atoms with Gasteiger partial charge in [0.1, 0.15) is 12.1 Å². The topological polar surface area (TPSA) is 81.9 Å². The lowest BCUT2D eigenvalue weighted by molar-refractivity contribution is -0.118. The highest BCUT2D eigenvalue weighted by Gasteiger charge is 2.05. The number of tetrazole rings is 1. The molecule has 2 aromatic carbocycles. The number of nitrogens with one attached hydrogen (secondary N) is 1. The van der Waals surface area contributed by atoms with E-state index in [1.54, 1.807) is 12.1 Å². The molecule has 0 radical (unpaired) electrons. The molecule has 1 N–H and O–H groups in total. The van der Waals surface area contributed by atoms with Crippen molar-refractivity contribution in [1.29, 1.82) is 0 Å². The van der Waals surface area contributed by atoms with Gasteiger partial charge in [-0.2, -0.15) is 0 Å². The molecule has 7 heteroatoms. The average molecular weight is 337 g/mol. The van der Waals surface area contributed by atoms with Gasteiger partial charge in [-0.05, 0) is 58.3 Å². The fraction of sp³-hybridized carbons (Fsp3) is 0.222. The lowest BCUT2D eigenvalue weighted by Gasteiger charge is -2.10. The van der Waals surface area contributed by atoms with Gasteiger partial charge >= 0.3 is 0 Å².